The maximum absolute atomic E-state index is 11.1. The second-order valence-electron chi connectivity index (χ2n) is 4.71. The molecule has 0 saturated carbocycles. The van der Waals surface area contributed by atoms with E-state index in [1.165, 1.54) is 18.3 Å². The lowest BCUT2D eigenvalue weighted by molar-refractivity contribution is -0.136. The summed E-state index contributed by atoms with van der Waals surface area (Å²) in [5.74, 6) is -0.977. The summed E-state index contributed by atoms with van der Waals surface area (Å²) < 4.78 is 0. The van der Waals surface area contributed by atoms with Crippen LogP contribution < -0.4 is 10.6 Å². The van der Waals surface area contributed by atoms with Crippen LogP contribution >= 0.6 is 11.3 Å². The van der Waals surface area contributed by atoms with Gasteiger partial charge in [0, 0.05) is 36.5 Å². The fourth-order valence-electron chi connectivity index (χ4n) is 1.91. The quantitative estimate of drug-likeness (QED) is 0.679. The fraction of sp³-hybridized carbons (Fsp3) is 0.267. The van der Waals surface area contributed by atoms with E-state index in [1.807, 2.05) is 29.6 Å². The number of amides is 1. The van der Waals surface area contributed by atoms with Crippen molar-refractivity contribution in [3.8, 4) is 11.3 Å². The van der Waals surface area contributed by atoms with Crippen molar-refractivity contribution in [2.75, 3.05) is 18.4 Å². The highest BCUT2D eigenvalue weighted by Crippen LogP contribution is 2.24. The number of carboxylic acid groups (broad SMARTS) is 1. The number of aromatic nitrogens is 1. The van der Waals surface area contributed by atoms with E-state index < -0.39 is 5.97 Å². The lowest BCUT2D eigenvalue weighted by Crippen LogP contribution is -2.24. The SMILES string of the molecule is CC(=O)Nc1cccc(-c2csc(CCNCC(=O)O)n2)c1. The Kier molecular flexibility index (Phi) is 5.62. The Morgan fingerprint density at radius 2 is 2.18 bits per heavy atom. The fourth-order valence-corrected chi connectivity index (χ4v) is 2.72. The molecule has 0 radical (unpaired) electrons. The summed E-state index contributed by atoms with van der Waals surface area (Å²) in [7, 11) is 0. The van der Waals surface area contributed by atoms with Crippen molar-refractivity contribution in [1.82, 2.24) is 10.3 Å². The normalized spacial score (nSPS) is 10.4. The number of carboxylic acids is 1. The van der Waals surface area contributed by atoms with Crippen LogP contribution in [0.1, 0.15) is 11.9 Å². The molecule has 1 amide bonds. The topological polar surface area (TPSA) is 91.3 Å². The zero-order valence-corrected chi connectivity index (χ0v) is 12.9. The molecule has 0 atom stereocenters. The smallest absolute Gasteiger partial charge is 0.317 e. The summed E-state index contributed by atoms with van der Waals surface area (Å²) in [4.78, 5) is 26.0. The van der Waals surface area contributed by atoms with Gasteiger partial charge in [0.15, 0.2) is 0 Å². The van der Waals surface area contributed by atoms with Gasteiger partial charge in [-0.2, -0.15) is 0 Å². The Labute approximate surface area is 132 Å². The largest absolute Gasteiger partial charge is 0.480 e. The maximum atomic E-state index is 11.1. The molecule has 1 aromatic carbocycles. The van der Waals surface area contributed by atoms with Gasteiger partial charge in [0.2, 0.25) is 5.91 Å². The zero-order chi connectivity index (χ0) is 15.9. The minimum absolute atomic E-state index is 0.0446. The summed E-state index contributed by atoms with van der Waals surface area (Å²) >= 11 is 1.54. The molecule has 1 aromatic heterocycles. The zero-order valence-electron chi connectivity index (χ0n) is 12.1. The molecule has 6 nitrogen and oxygen atoms in total. The highest BCUT2D eigenvalue weighted by molar-refractivity contribution is 7.09. The molecule has 0 unspecified atom stereocenters. The molecule has 22 heavy (non-hydrogen) atoms. The van der Waals surface area contributed by atoms with E-state index >= 15 is 0 Å². The molecule has 0 saturated heterocycles. The summed E-state index contributed by atoms with van der Waals surface area (Å²) in [5.41, 5.74) is 2.53. The maximum Gasteiger partial charge on any atom is 0.317 e. The van der Waals surface area contributed by atoms with Gasteiger partial charge < -0.3 is 15.7 Å². The van der Waals surface area contributed by atoms with Crippen molar-refractivity contribution >= 4 is 28.9 Å². The number of rotatable bonds is 7. The standard InChI is InChI=1S/C15H17N3O3S/c1-10(19)17-12-4-2-3-11(7-12)13-9-22-14(18-13)5-6-16-8-15(20)21/h2-4,7,9,16H,5-6,8H2,1H3,(H,17,19)(H,20,21). The molecule has 0 aliphatic heterocycles. The van der Waals surface area contributed by atoms with E-state index in [9.17, 15) is 9.59 Å². The molecule has 0 aliphatic carbocycles. The average Bonchev–Trinajstić information content (AvgIpc) is 2.92. The molecule has 0 fully saturated rings. The van der Waals surface area contributed by atoms with Crippen molar-refractivity contribution in [3.05, 3.63) is 34.7 Å². The van der Waals surface area contributed by atoms with Crippen LogP contribution in [0.15, 0.2) is 29.6 Å². The number of nitrogens with one attached hydrogen (secondary N) is 2. The van der Waals surface area contributed by atoms with Gasteiger partial charge in [-0.05, 0) is 12.1 Å². The summed E-state index contributed by atoms with van der Waals surface area (Å²) in [6.07, 6.45) is 0.684. The number of carbonyl (C=O) groups excluding carboxylic acids is 1. The Bertz CT molecular complexity index is 670. The highest BCUT2D eigenvalue weighted by Gasteiger charge is 2.06. The van der Waals surface area contributed by atoms with Crippen molar-refractivity contribution in [2.45, 2.75) is 13.3 Å². The highest BCUT2D eigenvalue weighted by atomic mass is 32.1. The first-order valence-corrected chi connectivity index (χ1v) is 7.67. The van der Waals surface area contributed by atoms with Crippen LogP contribution in [-0.4, -0.2) is 35.1 Å². The lowest BCUT2D eigenvalue weighted by atomic mass is 10.1. The van der Waals surface area contributed by atoms with Crippen LogP contribution in [0.2, 0.25) is 0 Å². The third-order valence-electron chi connectivity index (χ3n) is 2.82. The molecule has 0 bridgehead atoms. The minimum Gasteiger partial charge on any atom is -0.480 e. The van der Waals surface area contributed by atoms with E-state index in [0.717, 1.165) is 22.0 Å². The molecular formula is C15H17N3O3S. The molecule has 3 N–H and O–H groups in total. The monoisotopic (exact) mass is 319 g/mol. The number of carbonyl (C=O) groups is 2. The van der Waals surface area contributed by atoms with E-state index in [0.29, 0.717) is 13.0 Å². The predicted octanol–water partition coefficient (Wildman–Crippen LogP) is 1.99. The lowest BCUT2D eigenvalue weighted by Gasteiger charge is -2.03. The number of hydrogen-bond donors (Lipinski definition) is 3. The number of benzene rings is 1. The Balaban J connectivity index is 1.98. The molecule has 2 aromatic rings. The first kappa shape index (κ1) is 16.1. The summed E-state index contributed by atoms with van der Waals surface area (Å²) in [6, 6.07) is 7.51. The third kappa shape index (κ3) is 4.94. The van der Waals surface area contributed by atoms with E-state index in [-0.39, 0.29) is 12.5 Å². The van der Waals surface area contributed by atoms with Gasteiger partial charge in [-0.25, -0.2) is 4.98 Å². The van der Waals surface area contributed by atoms with Crippen molar-refractivity contribution in [3.63, 3.8) is 0 Å². The van der Waals surface area contributed by atoms with Crippen molar-refractivity contribution in [1.29, 1.82) is 0 Å². The van der Waals surface area contributed by atoms with Gasteiger partial charge in [0.1, 0.15) is 0 Å². The number of aliphatic carboxylic acids is 1. The molecule has 116 valence electrons. The molecule has 0 aliphatic rings. The van der Waals surface area contributed by atoms with Gasteiger partial charge in [-0.1, -0.05) is 12.1 Å². The van der Waals surface area contributed by atoms with Crippen molar-refractivity contribution in [2.24, 2.45) is 0 Å². The van der Waals surface area contributed by atoms with E-state index in [4.69, 9.17) is 5.11 Å². The predicted molar refractivity (Wildman–Crippen MR) is 86.1 cm³/mol. The molecular weight excluding hydrogens is 302 g/mol. The third-order valence-corrected chi connectivity index (χ3v) is 3.73. The van der Waals surface area contributed by atoms with Crippen LogP contribution in [0.25, 0.3) is 11.3 Å². The molecule has 7 heteroatoms. The van der Waals surface area contributed by atoms with Gasteiger partial charge >= 0.3 is 5.97 Å². The minimum atomic E-state index is -0.866. The van der Waals surface area contributed by atoms with Crippen LogP contribution in [0.4, 0.5) is 5.69 Å². The van der Waals surface area contributed by atoms with Gasteiger partial charge in [-0.15, -0.1) is 11.3 Å². The van der Waals surface area contributed by atoms with Crippen molar-refractivity contribution < 1.29 is 14.7 Å². The number of nitrogens with zero attached hydrogens (tertiary/aromatic N) is 1. The van der Waals surface area contributed by atoms with Crippen LogP contribution in [0.3, 0.4) is 0 Å². The van der Waals surface area contributed by atoms with E-state index in [2.05, 4.69) is 15.6 Å². The van der Waals surface area contributed by atoms with E-state index in [1.54, 1.807) is 0 Å². The molecule has 0 spiro atoms. The van der Waals surface area contributed by atoms with Gasteiger partial charge in [0.05, 0.1) is 17.2 Å². The molecule has 2 rings (SSSR count). The Morgan fingerprint density at radius 3 is 2.91 bits per heavy atom. The molecule has 1 heterocycles. The Hall–Kier alpha value is -2.25. The average molecular weight is 319 g/mol. The summed E-state index contributed by atoms with van der Waals surface area (Å²) in [6.45, 7) is 2.00. The van der Waals surface area contributed by atoms with Crippen LogP contribution in [0, 0.1) is 0 Å². The van der Waals surface area contributed by atoms with Gasteiger partial charge in [0.25, 0.3) is 0 Å². The number of anilines is 1. The second-order valence-corrected chi connectivity index (χ2v) is 5.65. The number of hydrogen-bond acceptors (Lipinski definition) is 5. The van der Waals surface area contributed by atoms with Crippen LogP contribution in [-0.2, 0) is 16.0 Å². The van der Waals surface area contributed by atoms with Crippen LogP contribution in [0.5, 0.6) is 0 Å². The second kappa shape index (κ2) is 7.67. The Morgan fingerprint density at radius 1 is 1.36 bits per heavy atom. The number of thiazole rings is 1. The summed E-state index contributed by atoms with van der Waals surface area (Å²) in [5, 5.41) is 17.0. The first-order valence-electron chi connectivity index (χ1n) is 6.79. The first-order chi connectivity index (χ1) is 10.5. The van der Waals surface area contributed by atoms with Gasteiger partial charge in [-0.3, -0.25) is 9.59 Å².